The minimum Gasteiger partial charge on any atom is -0.335 e. The van der Waals surface area contributed by atoms with E-state index in [1.807, 2.05) is 0 Å². The molecule has 0 saturated heterocycles. The largest absolute Gasteiger partial charge is 0.335 e. The van der Waals surface area contributed by atoms with Crippen molar-refractivity contribution in [3.8, 4) is 0 Å². The molecule has 1 fully saturated rings. The lowest BCUT2D eigenvalue weighted by Crippen LogP contribution is -2.30. The lowest BCUT2D eigenvalue weighted by Gasteiger charge is -2.08. The van der Waals surface area contributed by atoms with Crippen LogP contribution in [0.15, 0.2) is 24.3 Å². The molecule has 1 aromatic carbocycles. The van der Waals surface area contributed by atoms with E-state index in [-0.39, 0.29) is 6.03 Å². The van der Waals surface area contributed by atoms with Gasteiger partial charge in [0.2, 0.25) is 10.0 Å². The zero-order chi connectivity index (χ0) is 13.2. The number of carbonyl (C=O) groups excluding carboxylic acids is 1. The van der Waals surface area contributed by atoms with Gasteiger partial charge in [0.1, 0.15) is 0 Å². The van der Waals surface area contributed by atoms with Crippen LogP contribution < -0.4 is 15.4 Å². The van der Waals surface area contributed by atoms with E-state index < -0.39 is 10.0 Å². The number of amides is 2. The van der Waals surface area contributed by atoms with Crippen LogP contribution in [0.3, 0.4) is 0 Å². The molecule has 7 heteroatoms. The number of nitrogens with one attached hydrogen (secondary N) is 3. The van der Waals surface area contributed by atoms with Gasteiger partial charge in [-0.25, -0.2) is 13.2 Å². The molecule has 1 aliphatic carbocycles. The SMILES string of the molecule is CS(=O)(=O)Nc1ccc(NC(=O)NC2CC2)cc1. The molecule has 1 aromatic rings. The molecule has 0 aliphatic heterocycles. The van der Waals surface area contributed by atoms with Gasteiger partial charge in [-0.1, -0.05) is 0 Å². The first kappa shape index (κ1) is 12.7. The third-order valence-corrected chi connectivity index (χ3v) is 2.97. The zero-order valence-electron chi connectivity index (χ0n) is 9.93. The molecule has 0 bridgehead atoms. The van der Waals surface area contributed by atoms with Gasteiger partial charge in [0.15, 0.2) is 0 Å². The Morgan fingerprint density at radius 2 is 1.72 bits per heavy atom. The summed E-state index contributed by atoms with van der Waals surface area (Å²) in [5.74, 6) is 0. The summed E-state index contributed by atoms with van der Waals surface area (Å²) in [6.07, 6.45) is 3.15. The van der Waals surface area contributed by atoms with Crippen molar-refractivity contribution >= 4 is 27.4 Å². The van der Waals surface area contributed by atoms with E-state index in [2.05, 4.69) is 15.4 Å². The summed E-state index contributed by atoms with van der Waals surface area (Å²) in [4.78, 5) is 11.4. The number of anilines is 2. The fourth-order valence-electron chi connectivity index (χ4n) is 1.42. The molecule has 1 saturated carbocycles. The third kappa shape index (κ3) is 4.25. The Bertz CT molecular complexity index is 535. The van der Waals surface area contributed by atoms with E-state index in [1.54, 1.807) is 24.3 Å². The highest BCUT2D eigenvalue weighted by Gasteiger charge is 2.23. The second-order valence-corrected chi connectivity index (χ2v) is 6.07. The average molecular weight is 269 g/mol. The molecule has 2 rings (SSSR count). The van der Waals surface area contributed by atoms with E-state index in [0.717, 1.165) is 19.1 Å². The fraction of sp³-hybridized carbons (Fsp3) is 0.364. The second kappa shape index (κ2) is 4.85. The van der Waals surface area contributed by atoms with Crippen molar-refractivity contribution in [1.82, 2.24) is 5.32 Å². The number of urea groups is 1. The zero-order valence-corrected chi connectivity index (χ0v) is 10.8. The Morgan fingerprint density at radius 1 is 1.17 bits per heavy atom. The van der Waals surface area contributed by atoms with Crippen LogP contribution in [0.2, 0.25) is 0 Å². The minimum atomic E-state index is -3.27. The standard InChI is InChI=1S/C11H15N3O3S/c1-18(16,17)14-10-6-4-9(5-7-10)13-11(15)12-8-2-3-8/h4-8,14H,2-3H2,1H3,(H2,12,13,15). The smallest absolute Gasteiger partial charge is 0.319 e. The topological polar surface area (TPSA) is 87.3 Å². The maximum Gasteiger partial charge on any atom is 0.319 e. The molecule has 0 spiro atoms. The molecule has 0 atom stereocenters. The monoisotopic (exact) mass is 269 g/mol. The van der Waals surface area contributed by atoms with Gasteiger partial charge in [-0.2, -0.15) is 0 Å². The number of benzene rings is 1. The first-order valence-corrected chi connectivity index (χ1v) is 7.47. The third-order valence-electron chi connectivity index (χ3n) is 2.36. The molecular weight excluding hydrogens is 254 g/mol. The highest BCUT2D eigenvalue weighted by atomic mass is 32.2. The summed E-state index contributed by atoms with van der Waals surface area (Å²) >= 11 is 0. The Morgan fingerprint density at radius 3 is 2.22 bits per heavy atom. The highest BCUT2D eigenvalue weighted by molar-refractivity contribution is 7.92. The van der Waals surface area contributed by atoms with Gasteiger partial charge >= 0.3 is 6.03 Å². The van der Waals surface area contributed by atoms with E-state index in [0.29, 0.717) is 17.4 Å². The van der Waals surface area contributed by atoms with Crippen LogP contribution in [-0.2, 0) is 10.0 Å². The fourth-order valence-corrected chi connectivity index (χ4v) is 1.98. The molecule has 6 nitrogen and oxygen atoms in total. The van der Waals surface area contributed by atoms with Gasteiger partial charge in [-0.3, -0.25) is 4.72 Å². The molecule has 0 heterocycles. The van der Waals surface area contributed by atoms with Crippen LogP contribution >= 0.6 is 0 Å². The van der Waals surface area contributed by atoms with Gasteiger partial charge in [0, 0.05) is 17.4 Å². The molecule has 1 aliphatic rings. The van der Waals surface area contributed by atoms with Crippen LogP contribution in [-0.4, -0.2) is 26.7 Å². The number of hydrogen-bond donors (Lipinski definition) is 3. The predicted octanol–water partition coefficient (Wildman–Crippen LogP) is 1.34. The first-order chi connectivity index (χ1) is 8.42. The van der Waals surface area contributed by atoms with Crippen molar-refractivity contribution in [2.45, 2.75) is 18.9 Å². The predicted molar refractivity (Wildman–Crippen MR) is 70.1 cm³/mol. The van der Waals surface area contributed by atoms with Crippen LogP contribution in [0.1, 0.15) is 12.8 Å². The van der Waals surface area contributed by atoms with Crippen molar-refractivity contribution in [2.24, 2.45) is 0 Å². The summed E-state index contributed by atoms with van der Waals surface area (Å²) in [5.41, 5.74) is 1.08. The van der Waals surface area contributed by atoms with Crippen LogP contribution in [0.25, 0.3) is 0 Å². The molecule has 0 aromatic heterocycles. The lowest BCUT2D eigenvalue weighted by molar-refractivity contribution is 0.251. The van der Waals surface area contributed by atoms with E-state index >= 15 is 0 Å². The number of carbonyl (C=O) groups is 1. The van der Waals surface area contributed by atoms with Gasteiger partial charge in [0.05, 0.1) is 6.26 Å². The molecule has 0 radical (unpaired) electrons. The van der Waals surface area contributed by atoms with Crippen molar-refractivity contribution in [1.29, 1.82) is 0 Å². The van der Waals surface area contributed by atoms with Crippen molar-refractivity contribution in [3.63, 3.8) is 0 Å². The van der Waals surface area contributed by atoms with Crippen LogP contribution in [0.4, 0.5) is 16.2 Å². The van der Waals surface area contributed by atoms with E-state index in [1.165, 1.54) is 0 Å². The summed E-state index contributed by atoms with van der Waals surface area (Å²) in [7, 11) is -3.27. The lowest BCUT2D eigenvalue weighted by atomic mass is 10.3. The van der Waals surface area contributed by atoms with Crippen molar-refractivity contribution < 1.29 is 13.2 Å². The number of sulfonamides is 1. The van der Waals surface area contributed by atoms with Gasteiger partial charge in [-0.05, 0) is 37.1 Å². The Hall–Kier alpha value is -1.76. The molecular formula is C11H15N3O3S. The van der Waals surface area contributed by atoms with Crippen LogP contribution in [0, 0.1) is 0 Å². The second-order valence-electron chi connectivity index (χ2n) is 4.32. The number of hydrogen-bond acceptors (Lipinski definition) is 3. The summed E-state index contributed by atoms with van der Waals surface area (Å²) in [5, 5.41) is 5.47. The van der Waals surface area contributed by atoms with E-state index in [9.17, 15) is 13.2 Å². The minimum absolute atomic E-state index is 0.235. The quantitative estimate of drug-likeness (QED) is 0.771. The maximum atomic E-state index is 11.4. The van der Waals surface area contributed by atoms with Gasteiger partial charge < -0.3 is 10.6 Å². The van der Waals surface area contributed by atoms with Gasteiger partial charge in [-0.15, -0.1) is 0 Å². The molecule has 3 N–H and O–H groups in total. The highest BCUT2D eigenvalue weighted by Crippen LogP contribution is 2.19. The van der Waals surface area contributed by atoms with Crippen LogP contribution in [0.5, 0.6) is 0 Å². The summed E-state index contributed by atoms with van der Waals surface area (Å²) in [6.45, 7) is 0. The maximum absolute atomic E-state index is 11.4. The Balaban J connectivity index is 1.92. The summed E-state index contributed by atoms with van der Waals surface area (Å²) in [6, 6.07) is 6.53. The Labute approximate surface area is 106 Å². The normalized spacial score (nSPS) is 14.9. The summed E-state index contributed by atoms with van der Waals surface area (Å²) < 4.78 is 24.3. The molecule has 98 valence electrons. The molecule has 0 unspecified atom stereocenters. The average Bonchev–Trinajstić information content (AvgIpc) is 3.02. The number of rotatable bonds is 4. The van der Waals surface area contributed by atoms with Gasteiger partial charge in [0.25, 0.3) is 0 Å². The molecule has 18 heavy (non-hydrogen) atoms. The van der Waals surface area contributed by atoms with E-state index in [4.69, 9.17) is 0 Å². The Kier molecular flexibility index (Phi) is 3.42. The molecule has 2 amide bonds. The first-order valence-electron chi connectivity index (χ1n) is 5.58. The van der Waals surface area contributed by atoms with Crippen molar-refractivity contribution in [3.05, 3.63) is 24.3 Å². The van der Waals surface area contributed by atoms with Crippen molar-refractivity contribution in [2.75, 3.05) is 16.3 Å².